The lowest BCUT2D eigenvalue weighted by atomic mass is 10.0. The maximum absolute atomic E-state index is 14.6. The van der Waals surface area contributed by atoms with Gasteiger partial charge in [0, 0.05) is 25.6 Å². The maximum atomic E-state index is 14.6. The molecule has 260 valence electrons. The highest BCUT2D eigenvalue weighted by Gasteiger charge is 2.35. The zero-order chi connectivity index (χ0) is 35.6. The van der Waals surface area contributed by atoms with Crippen molar-refractivity contribution in [1.29, 1.82) is 0 Å². The van der Waals surface area contributed by atoms with E-state index in [1.807, 2.05) is 37.3 Å². The molecule has 0 aliphatic heterocycles. The molecule has 0 saturated heterocycles. The second-order valence-electron chi connectivity index (χ2n) is 11.1. The average molecular weight is 731 g/mol. The predicted octanol–water partition coefficient (Wildman–Crippen LogP) is 6.90. The molecule has 0 spiro atoms. The second kappa shape index (κ2) is 17.4. The van der Waals surface area contributed by atoms with Crippen molar-refractivity contribution in [3.63, 3.8) is 0 Å². The molecule has 4 rings (SSSR count). The van der Waals surface area contributed by atoms with Gasteiger partial charge in [0.2, 0.25) is 11.8 Å². The number of hydrogen-bond donors (Lipinski definition) is 1. The fourth-order valence-corrected chi connectivity index (χ4v) is 6.89. The van der Waals surface area contributed by atoms with E-state index in [-0.39, 0.29) is 34.3 Å². The minimum Gasteiger partial charge on any atom is -0.493 e. The van der Waals surface area contributed by atoms with E-state index in [1.54, 1.807) is 18.2 Å². The number of methoxy groups -OCH3 is 2. The minimum atomic E-state index is -4.47. The first-order valence-electron chi connectivity index (χ1n) is 15.5. The van der Waals surface area contributed by atoms with Gasteiger partial charge in [-0.25, -0.2) is 12.8 Å². The molecule has 0 unspecified atom stereocenters. The molecule has 0 bridgehead atoms. The van der Waals surface area contributed by atoms with Crippen molar-refractivity contribution in [3.8, 4) is 11.5 Å². The van der Waals surface area contributed by atoms with Crippen LogP contribution in [0, 0.1) is 5.82 Å². The lowest BCUT2D eigenvalue weighted by Gasteiger charge is -2.34. The summed E-state index contributed by atoms with van der Waals surface area (Å²) in [7, 11) is -1.68. The van der Waals surface area contributed by atoms with Gasteiger partial charge in [0.05, 0.1) is 34.8 Å². The van der Waals surface area contributed by atoms with Crippen molar-refractivity contribution in [2.45, 2.75) is 43.7 Å². The predicted molar refractivity (Wildman–Crippen MR) is 189 cm³/mol. The number of sulfonamides is 1. The Morgan fingerprint density at radius 1 is 0.857 bits per heavy atom. The third-order valence-corrected chi connectivity index (χ3v) is 10.3. The number of anilines is 1. The molecule has 4 aromatic carbocycles. The van der Waals surface area contributed by atoms with Gasteiger partial charge >= 0.3 is 0 Å². The van der Waals surface area contributed by atoms with E-state index in [4.69, 9.17) is 32.7 Å². The van der Waals surface area contributed by atoms with Crippen molar-refractivity contribution in [1.82, 2.24) is 10.2 Å². The molecule has 1 atom stereocenters. The molecular formula is C36H38Cl2FN3O6S. The fraction of sp³-hybridized carbons (Fsp3) is 0.278. The summed E-state index contributed by atoms with van der Waals surface area (Å²) < 4.78 is 54.1. The number of nitrogens with one attached hydrogen (secondary N) is 1. The summed E-state index contributed by atoms with van der Waals surface area (Å²) in [6.07, 6.45) is 1.72. The quantitative estimate of drug-likeness (QED) is 0.126. The zero-order valence-corrected chi connectivity index (χ0v) is 29.7. The van der Waals surface area contributed by atoms with Gasteiger partial charge in [0.15, 0.2) is 11.5 Å². The van der Waals surface area contributed by atoms with Gasteiger partial charge in [0.25, 0.3) is 10.0 Å². The summed E-state index contributed by atoms with van der Waals surface area (Å²) in [4.78, 5) is 29.6. The van der Waals surface area contributed by atoms with Gasteiger partial charge in [0.1, 0.15) is 18.4 Å². The van der Waals surface area contributed by atoms with Crippen molar-refractivity contribution in [3.05, 3.63) is 118 Å². The van der Waals surface area contributed by atoms with Crippen LogP contribution in [0.3, 0.4) is 0 Å². The Balaban J connectivity index is 1.82. The van der Waals surface area contributed by atoms with Crippen LogP contribution in [-0.4, -0.2) is 58.5 Å². The van der Waals surface area contributed by atoms with Crippen molar-refractivity contribution in [2.24, 2.45) is 0 Å². The highest BCUT2D eigenvalue weighted by Crippen LogP contribution is 2.33. The van der Waals surface area contributed by atoms with E-state index in [0.717, 1.165) is 34.8 Å². The van der Waals surface area contributed by atoms with Crippen LogP contribution in [0.2, 0.25) is 10.0 Å². The summed E-state index contributed by atoms with van der Waals surface area (Å²) in [5.74, 6) is -1.22. The summed E-state index contributed by atoms with van der Waals surface area (Å²) in [5, 5.41) is 3.50. The number of unbranched alkanes of at least 4 members (excludes halogenated alkanes) is 1. The standard InChI is InChI=1S/C36H38Cl2FN3O6S/c1-4-5-19-40-36(44)32(21-25-9-7-6-8-10-25)41(23-26-11-17-30(37)31(38)20-26)35(43)24-42(28-14-12-27(39)13-15-28)49(45,46)29-16-18-33(47-2)34(22-29)48-3/h6-18,20,22,32H,4-5,19,21,23-24H2,1-3H3,(H,40,44)/t32-/m1/s1. The molecule has 0 aromatic heterocycles. The molecule has 0 saturated carbocycles. The van der Waals surface area contributed by atoms with Crippen LogP contribution in [0.25, 0.3) is 0 Å². The van der Waals surface area contributed by atoms with E-state index in [9.17, 15) is 22.4 Å². The Bertz CT molecular complexity index is 1850. The lowest BCUT2D eigenvalue weighted by Crippen LogP contribution is -2.53. The maximum Gasteiger partial charge on any atom is 0.264 e. The first-order chi connectivity index (χ1) is 23.5. The molecule has 0 heterocycles. The van der Waals surface area contributed by atoms with Crippen LogP contribution in [0.4, 0.5) is 10.1 Å². The smallest absolute Gasteiger partial charge is 0.264 e. The molecule has 2 amide bonds. The summed E-state index contributed by atoms with van der Waals surface area (Å²) in [5.41, 5.74) is 1.39. The summed E-state index contributed by atoms with van der Waals surface area (Å²) >= 11 is 12.5. The Morgan fingerprint density at radius 3 is 2.18 bits per heavy atom. The monoisotopic (exact) mass is 729 g/mol. The summed E-state index contributed by atoms with van der Waals surface area (Å²) in [6.45, 7) is 1.57. The number of carbonyl (C=O) groups is 2. The lowest BCUT2D eigenvalue weighted by molar-refractivity contribution is -0.140. The van der Waals surface area contributed by atoms with Crippen molar-refractivity contribution in [2.75, 3.05) is 31.6 Å². The Kier molecular flexibility index (Phi) is 13.3. The van der Waals surface area contributed by atoms with Crippen LogP contribution < -0.4 is 19.1 Å². The molecule has 4 aromatic rings. The van der Waals surface area contributed by atoms with E-state index < -0.39 is 40.2 Å². The molecule has 0 aliphatic rings. The Hall–Kier alpha value is -4.32. The van der Waals surface area contributed by atoms with Crippen molar-refractivity contribution < 1.29 is 31.9 Å². The number of halogens is 3. The van der Waals surface area contributed by atoms with E-state index in [0.29, 0.717) is 22.9 Å². The van der Waals surface area contributed by atoms with Gasteiger partial charge in [-0.3, -0.25) is 13.9 Å². The van der Waals surface area contributed by atoms with Crippen LogP contribution in [0.5, 0.6) is 11.5 Å². The second-order valence-corrected chi connectivity index (χ2v) is 13.8. The molecule has 49 heavy (non-hydrogen) atoms. The number of hydrogen-bond acceptors (Lipinski definition) is 6. The van der Waals surface area contributed by atoms with Gasteiger partial charge in [-0.1, -0.05) is 72.9 Å². The number of ether oxygens (including phenoxy) is 2. The van der Waals surface area contributed by atoms with E-state index in [1.165, 1.54) is 49.5 Å². The van der Waals surface area contributed by atoms with Crippen molar-refractivity contribution >= 4 is 50.7 Å². The third-order valence-electron chi connectivity index (χ3n) is 7.77. The van der Waals surface area contributed by atoms with Gasteiger partial charge < -0.3 is 19.7 Å². The summed E-state index contributed by atoms with van der Waals surface area (Å²) in [6, 6.07) is 21.8. The first-order valence-corrected chi connectivity index (χ1v) is 17.7. The normalized spacial score (nSPS) is 11.8. The number of nitrogens with zero attached hydrogens (tertiary/aromatic N) is 2. The third kappa shape index (κ3) is 9.65. The van der Waals surface area contributed by atoms with Crippen LogP contribution in [-0.2, 0) is 32.6 Å². The molecule has 1 N–H and O–H groups in total. The first kappa shape index (κ1) is 37.5. The molecule has 0 radical (unpaired) electrons. The molecular weight excluding hydrogens is 692 g/mol. The van der Waals surface area contributed by atoms with Gasteiger partial charge in [-0.15, -0.1) is 0 Å². The van der Waals surface area contributed by atoms with E-state index in [2.05, 4.69) is 5.32 Å². The SMILES string of the molecule is CCCCNC(=O)[C@@H](Cc1ccccc1)N(Cc1ccc(Cl)c(Cl)c1)C(=O)CN(c1ccc(F)cc1)S(=O)(=O)c1ccc(OC)c(OC)c1. The fourth-order valence-electron chi connectivity index (χ4n) is 5.14. The Labute approximate surface area is 296 Å². The highest BCUT2D eigenvalue weighted by atomic mass is 35.5. The molecule has 13 heteroatoms. The average Bonchev–Trinajstić information content (AvgIpc) is 3.10. The topological polar surface area (TPSA) is 105 Å². The number of amides is 2. The van der Waals surface area contributed by atoms with Crippen LogP contribution in [0.1, 0.15) is 30.9 Å². The Morgan fingerprint density at radius 2 is 1.55 bits per heavy atom. The van der Waals surface area contributed by atoms with Gasteiger partial charge in [-0.2, -0.15) is 0 Å². The molecule has 0 fully saturated rings. The number of benzene rings is 4. The largest absolute Gasteiger partial charge is 0.493 e. The zero-order valence-electron chi connectivity index (χ0n) is 27.4. The van der Waals surface area contributed by atoms with Gasteiger partial charge in [-0.05, 0) is 66.1 Å². The number of carbonyl (C=O) groups excluding carboxylic acids is 2. The number of rotatable bonds is 16. The van der Waals surface area contributed by atoms with E-state index >= 15 is 0 Å². The van der Waals surface area contributed by atoms with Crippen LogP contribution >= 0.6 is 23.2 Å². The minimum absolute atomic E-state index is 0.0334. The molecule has 0 aliphatic carbocycles. The molecule has 9 nitrogen and oxygen atoms in total. The van der Waals surface area contributed by atoms with Crippen LogP contribution in [0.15, 0.2) is 95.9 Å². The highest BCUT2D eigenvalue weighted by molar-refractivity contribution is 7.92.